The van der Waals surface area contributed by atoms with Crippen LogP contribution in [0.3, 0.4) is 0 Å². The van der Waals surface area contributed by atoms with Gasteiger partial charge in [0.05, 0.1) is 6.10 Å². The third-order valence-corrected chi connectivity index (χ3v) is 2.91. The molecule has 16 heavy (non-hydrogen) atoms. The zero-order chi connectivity index (χ0) is 11.8. The molecule has 1 aliphatic heterocycles. The molecule has 0 spiro atoms. The summed E-state index contributed by atoms with van der Waals surface area (Å²) in [5, 5.41) is 7.13. The highest BCUT2D eigenvalue weighted by Crippen LogP contribution is 2.14. The summed E-state index contributed by atoms with van der Waals surface area (Å²) in [6, 6.07) is 0. The van der Waals surface area contributed by atoms with E-state index in [4.69, 9.17) is 17.0 Å². The molecule has 0 saturated carbocycles. The predicted molar refractivity (Wildman–Crippen MR) is 70.7 cm³/mol. The Balaban J connectivity index is 1.93. The van der Waals surface area contributed by atoms with Gasteiger partial charge in [0.15, 0.2) is 5.11 Å². The van der Waals surface area contributed by atoms with Crippen LogP contribution in [0.1, 0.15) is 19.3 Å². The van der Waals surface area contributed by atoms with Crippen LogP contribution in [0.25, 0.3) is 0 Å². The number of hydrogen-bond acceptors (Lipinski definition) is 3. The molecule has 0 aromatic rings. The topological polar surface area (TPSA) is 36.5 Å². The van der Waals surface area contributed by atoms with Crippen molar-refractivity contribution in [2.75, 3.05) is 40.3 Å². The molecule has 0 radical (unpaired) electrons. The van der Waals surface area contributed by atoms with E-state index in [0.717, 1.165) is 37.8 Å². The van der Waals surface area contributed by atoms with Gasteiger partial charge in [-0.3, -0.25) is 0 Å². The van der Waals surface area contributed by atoms with E-state index >= 15 is 0 Å². The van der Waals surface area contributed by atoms with Crippen LogP contribution in [-0.4, -0.2) is 56.5 Å². The first-order valence-corrected chi connectivity index (χ1v) is 6.37. The van der Waals surface area contributed by atoms with E-state index in [9.17, 15) is 0 Å². The van der Waals surface area contributed by atoms with Gasteiger partial charge in [0.25, 0.3) is 0 Å². The Morgan fingerprint density at radius 2 is 2.12 bits per heavy atom. The highest BCUT2D eigenvalue weighted by atomic mass is 32.1. The van der Waals surface area contributed by atoms with Gasteiger partial charge in [-0.15, -0.1) is 0 Å². The third kappa shape index (κ3) is 6.25. The molecule has 1 aliphatic rings. The molecular weight excluding hydrogens is 222 g/mol. The Morgan fingerprint density at radius 1 is 1.38 bits per heavy atom. The Kier molecular flexibility index (Phi) is 6.68. The SMILES string of the molecule is CN(C)CCNC(=S)NCCC1CCCO1. The summed E-state index contributed by atoms with van der Waals surface area (Å²) in [7, 11) is 4.10. The molecule has 0 amide bonds. The largest absolute Gasteiger partial charge is 0.378 e. The van der Waals surface area contributed by atoms with E-state index in [1.54, 1.807) is 0 Å². The van der Waals surface area contributed by atoms with Gasteiger partial charge in [0.1, 0.15) is 0 Å². The molecule has 1 heterocycles. The first-order chi connectivity index (χ1) is 7.68. The first-order valence-electron chi connectivity index (χ1n) is 5.96. The summed E-state index contributed by atoms with van der Waals surface area (Å²) < 4.78 is 5.54. The number of hydrogen-bond donors (Lipinski definition) is 2. The normalized spacial score (nSPS) is 20.1. The highest BCUT2D eigenvalue weighted by Gasteiger charge is 2.14. The van der Waals surface area contributed by atoms with Crippen LogP contribution in [0, 0.1) is 0 Å². The van der Waals surface area contributed by atoms with Gasteiger partial charge in [-0.2, -0.15) is 0 Å². The highest BCUT2D eigenvalue weighted by molar-refractivity contribution is 7.80. The smallest absolute Gasteiger partial charge is 0.166 e. The molecule has 0 aliphatic carbocycles. The molecule has 1 unspecified atom stereocenters. The predicted octanol–water partition coefficient (Wildman–Crippen LogP) is 0.581. The van der Waals surface area contributed by atoms with Gasteiger partial charge in [0, 0.05) is 26.2 Å². The summed E-state index contributed by atoms with van der Waals surface area (Å²) in [4.78, 5) is 2.13. The zero-order valence-electron chi connectivity index (χ0n) is 10.3. The van der Waals surface area contributed by atoms with Crippen molar-refractivity contribution in [1.29, 1.82) is 0 Å². The second-order valence-corrected chi connectivity index (χ2v) is 4.82. The van der Waals surface area contributed by atoms with Crippen LogP contribution < -0.4 is 10.6 Å². The first kappa shape index (κ1) is 13.7. The van der Waals surface area contributed by atoms with Gasteiger partial charge in [-0.25, -0.2) is 0 Å². The lowest BCUT2D eigenvalue weighted by Crippen LogP contribution is -2.39. The van der Waals surface area contributed by atoms with E-state index in [-0.39, 0.29) is 0 Å². The number of thiocarbonyl (C=S) groups is 1. The molecule has 0 aromatic heterocycles. The minimum atomic E-state index is 0.442. The second-order valence-electron chi connectivity index (χ2n) is 4.41. The Morgan fingerprint density at radius 3 is 2.75 bits per heavy atom. The Labute approximate surface area is 104 Å². The lowest BCUT2D eigenvalue weighted by Gasteiger charge is -2.14. The van der Waals surface area contributed by atoms with Crippen molar-refractivity contribution in [3.05, 3.63) is 0 Å². The van der Waals surface area contributed by atoms with Gasteiger partial charge >= 0.3 is 0 Å². The maximum Gasteiger partial charge on any atom is 0.166 e. The molecule has 94 valence electrons. The van der Waals surface area contributed by atoms with E-state index < -0.39 is 0 Å². The fourth-order valence-corrected chi connectivity index (χ4v) is 1.88. The van der Waals surface area contributed by atoms with Crippen LogP contribution in [0.4, 0.5) is 0 Å². The minimum Gasteiger partial charge on any atom is -0.378 e. The standard InChI is InChI=1S/C11H23N3OS/c1-14(2)8-7-13-11(16)12-6-5-10-4-3-9-15-10/h10H,3-9H2,1-2H3,(H2,12,13,16). The molecule has 0 aromatic carbocycles. The summed E-state index contributed by atoms with van der Waals surface area (Å²) in [6.45, 7) is 3.71. The average Bonchev–Trinajstić information content (AvgIpc) is 2.70. The van der Waals surface area contributed by atoms with E-state index in [0.29, 0.717) is 6.10 Å². The Bertz CT molecular complexity index is 205. The maximum absolute atomic E-state index is 5.54. The number of rotatable bonds is 6. The lowest BCUT2D eigenvalue weighted by atomic mass is 10.2. The van der Waals surface area contributed by atoms with Gasteiger partial charge in [-0.1, -0.05) is 0 Å². The number of nitrogens with zero attached hydrogens (tertiary/aromatic N) is 1. The van der Waals surface area contributed by atoms with Crippen LogP contribution >= 0.6 is 12.2 Å². The summed E-state index contributed by atoms with van der Waals surface area (Å²) in [5.41, 5.74) is 0. The third-order valence-electron chi connectivity index (χ3n) is 2.62. The van der Waals surface area contributed by atoms with Gasteiger partial charge in [-0.05, 0) is 45.6 Å². The van der Waals surface area contributed by atoms with Crippen LogP contribution in [0.15, 0.2) is 0 Å². The molecular formula is C11H23N3OS. The monoisotopic (exact) mass is 245 g/mol. The molecule has 1 atom stereocenters. The quantitative estimate of drug-likeness (QED) is 0.670. The lowest BCUT2D eigenvalue weighted by molar-refractivity contribution is 0.105. The zero-order valence-corrected chi connectivity index (χ0v) is 11.1. The molecule has 1 rings (SSSR count). The molecule has 4 nitrogen and oxygen atoms in total. The molecule has 5 heteroatoms. The number of likely N-dealkylation sites (N-methyl/N-ethyl adjacent to an activating group) is 1. The van der Waals surface area contributed by atoms with E-state index in [1.807, 2.05) is 0 Å². The molecule has 0 bridgehead atoms. The fourth-order valence-electron chi connectivity index (χ4n) is 1.67. The van der Waals surface area contributed by atoms with Crippen molar-refractivity contribution in [3.8, 4) is 0 Å². The van der Waals surface area contributed by atoms with Crippen molar-refractivity contribution < 1.29 is 4.74 Å². The number of ether oxygens (including phenoxy) is 1. The number of nitrogens with one attached hydrogen (secondary N) is 2. The van der Waals surface area contributed by atoms with Crippen molar-refractivity contribution in [1.82, 2.24) is 15.5 Å². The maximum atomic E-state index is 5.54. The van der Waals surface area contributed by atoms with Gasteiger partial charge < -0.3 is 20.3 Å². The Hall–Kier alpha value is -0.390. The summed E-state index contributed by atoms with van der Waals surface area (Å²) in [5.74, 6) is 0. The van der Waals surface area contributed by atoms with Crippen molar-refractivity contribution in [3.63, 3.8) is 0 Å². The molecule has 1 saturated heterocycles. The van der Waals surface area contributed by atoms with Crippen molar-refractivity contribution >= 4 is 17.3 Å². The average molecular weight is 245 g/mol. The fraction of sp³-hybridized carbons (Fsp3) is 0.909. The minimum absolute atomic E-state index is 0.442. The van der Waals surface area contributed by atoms with Crippen LogP contribution in [-0.2, 0) is 4.74 Å². The van der Waals surface area contributed by atoms with Gasteiger partial charge in [0.2, 0.25) is 0 Å². The summed E-state index contributed by atoms with van der Waals surface area (Å²) in [6.07, 6.45) is 3.89. The van der Waals surface area contributed by atoms with Crippen LogP contribution in [0.5, 0.6) is 0 Å². The van der Waals surface area contributed by atoms with Crippen molar-refractivity contribution in [2.24, 2.45) is 0 Å². The summed E-state index contributed by atoms with van der Waals surface area (Å²) >= 11 is 5.16. The van der Waals surface area contributed by atoms with E-state index in [1.165, 1.54) is 12.8 Å². The molecule has 2 N–H and O–H groups in total. The van der Waals surface area contributed by atoms with Crippen LogP contribution in [0.2, 0.25) is 0 Å². The van der Waals surface area contributed by atoms with E-state index in [2.05, 4.69) is 29.6 Å². The second kappa shape index (κ2) is 7.81. The van der Waals surface area contributed by atoms with Crippen molar-refractivity contribution in [2.45, 2.75) is 25.4 Å². The molecule has 1 fully saturated rings.